The van der Waals surface area contributed by atoms with Crippen molar-refractivity contribution < 1.29 is 13.5 Å². The van der Waals surface area contributed by atoms with E-state index in [-0.39, 0.29) is 10.3 Å². The summed E-state index contributed by atoms with van der Waals surface area (Å²) < 4.78 is 24.5. The molecule has 1 aliphatic heterocycles. The van der Waals surface area contributed by atoms with Crippen molar-refractivity contribution in [3.05, 3.63) is 39.0 Å². The Kier molecular flexibility index (Phi) is 4.44. The largest absolute Gasteiger partial charge is 0.446 e. The van der Waals surface area contributed by atoms with Gasteiger partial charge in [-0.15, -0.1) is 0 Å². The minimum atomic E-state index is -0.713. The number of hydrogen-bond donors (Lipinski definition) is 1. The molecule has 4 rings (SSSR count). The highest BCUT2D eigenvalue weighted by Gasteiger charge is 2.26. The second-order valence-corrected chi connectivity index (χ2v) is 7.50. The van der Waals surface area contributed by atoms with Gasteiger partial charge in [0, 0.05) is 11.8 Å². The van der Waals surface area contributed by atoms with Crippen molar-refractivity contribution in [2.24, 2.45) is 0 Å². The minimum absolute atomic E-state index is 0.151. The molecule has 11 heteroatoms. The van der Waals surface area contributed by atoms with Crippen LogP contribution >= 0.6 is 27.7 Å². The van der Waals surface area contributed by atoms with Gasteiger partial charge >= 0.3 is 5.76 Å². The second-order valence-electron chi connectivity index (χ2n) is 5.36. The summed E-state index contributed by atoms with van der Waals surface area (Å²) in [6.07, 6.45) is 0.994. The molecule has 0 unspecified atom stereocenters. The quantitative estimate of drug-likeness (QED) is 0.676. The second kappa shape index (κ2) is 6.73. The molecule has 1 atom stereocenters. The molecule has 1 fully saturated rings. The van der Waals surface area contributed by atoms with E-state index in [1.165, 1.54) is 34.5 Å². The summed E-state index contributed by atoms with van der Waals surface area (Å²) in [5.74, 6) is -1.00. The Balaban J connectivity index is 1.76. The fraction of sp³-hybridized carbons (Fsp3) is 0.286. The van der Waals surface area contributed by atoms with Crippen LogP contribution in [0.1, 0.15) is 6.42 Å². The highest BCUT2D eigenvalue weighted by Crippen LogP contribution is 2.33. The molecule has 0 bridgehead atoms. The maximum atomic E-state index is 13.5. The van der Waals surface area contributed by atoms with E-state index in [0.717, 1.165) is 19.5 Å². The van der Waals surface area contributed by atoms with Gasteiger partial charge in [0.2, 0.25) is 5.82 Å². The molecule has 0 radical (unpaired) electrons. The Morgan fingerprint density at radius 3 is 3.00 bits per heavy atom. The Labute approximate surface area is 152 Å². The molecule has 25 heavy (non-hydrogen) atoms. The maximum Gasteiger partial charge on any atom is 0.446 e. The molecule has 130 valence electrons. The maximum absolute atomic E-state index is 13.5. The summed E-state index contributed by atoms with van der Waals surface area (Å²) in [6.45, 7) is 1.80. The Morgan fingerprint density at radius 2 is 2.24 bits per heavy atom. The first-order chi connectivity index (χ1) is 12.1. The van der Waals surface area contributed by atoms with Crippen LogP contribution in [0, 0.1) is 5.82 Å². The number of nitrogens with one attached hydrogen (secondary N) is 1. The number of aromatic nitrogens is 4. The third kappa shape index (κ3) is 3.14. The fourth-order valence-electron chi connectivity index (χ4n) is 2.53. The molecule has 0 saturated carbocycles. The summed E-state index contributed by atoms with van der Waals surface area (Å²) >= 11 is 4.61. The zero-order valence-electron chi connectivity index (χ0n) is 12.6. The number of benzene rings is 1. The van der Waals surface area contributed by atoms with Crippen LogP contribution in [0.2, 0.25) is 0 Å². The van der Waals surface area contributed by atoms with Gasteiger partial charge < -0.3 is 5.32 Å². The summed E-state index contributed by atoms with van der Waals surface area (Å²) in [5, 5.41) is 15.7. The molecule has 0 aliphatic carbocycles. The fourth-order valence-corrected chi connectivity index (χ4v) is 3.97. The molecular formula is C14H11BrFN5O3S. The Morgan fingerprint density at radius 1 is 1.36 bits per heavy atom. The lowest BCUT2D eigenvalue weighted by Crippen LogP contribution is -2.14. The number of rotatable bonds is 4. The summed E-state index contributed by atoms with van der Waals surface area (Å²) in [5.41, 5.74) is 0.694. The summed E-state index contributed by atoms with van der Waals surface area (Å²) in [7, 11) is 0. The van der Waals surface area contributed by atoms with Crippen molar-refractivity contribution in [2.45, 2.75) is 16.7 Å². The van der Waals surface area contributed by atoms with Crippen LogP contribution < -0.4 is 11.1 Å². The van der Waals surface area contributed by atoms with Crippen molar-refractivity contribution >= 4 is 27.7 Å². The van der Waals surface area contributed by atoms with Crippen molar-refractivity contribution in [1.82, 2.24) is 25.4 Å². The third-order valence-corrected chi connectivity index (χ3v) is 5.56. The van der Waals surface area contributed by atoms with Gasteiger partial charge in [-0.2, -0.15) is 0 Å². The van der Waals surface area contributed by atoms with Crippen molar-refractivity contribution in [3.8, 4) is 17.2 Å². The molecule has 0 spiro atoms. The summed E-state index contributed by atoms with van der Waals surface area (Å²) in [6, 6.07) is 4.14. The van der Waals surface area contributed by atoms with Crippen molar-refractivity contribution in [2.75, 3.05) is 13.1 Å². The van der Waals surface area contributed by atoms with Crippen molar-refractivity contribution in [1.29, 1.82) is 0 Å². The minimum Gasteiger partial charge on any atom is -0.316 e. The predicted molar refractivity (Wildman–Crippen MR) is 90.2 cm³/mol. The van der Waals surface area contributed by atoms with Gasteiger partial charge in [-0.3, -0.25) is 4.52 Å². The van der Waals surface area contributed by atoms with E-state index in [2.05, 4.69) is 36.7 Å². The van der Waals surface area contributed by atoms with E-state index in [9.17, 15) is 9.18 Å². The molecule has 1 N–H and O–H groups in total. The summed E-state index contributed by atoms with van der Waals surface area (Å²) in [4.78, 5) is 12.1. The van der Waals surface area contributed by atoms with Gasteiger partial charge in [0.1, 0.15) is 5.82 Å². The highest BCUT2D eigenvalue weighted by molar-refractivity contribution is 9.10. The van der Waals surface area contributed by atoms with E-state index in [1.54, 1.807) is 0 Å². The highest BCUT2D eigenvalue weighted by atomic mass is 79.9. The van der Waals surface area contributed by atoms with E-state index in [4.69, 9.17) is 9.15 Å². The van der Waals surface area contributed by atoms with Crippen LogP contribution in [0.15, 0.2) is 41.6 Å². The zero-order chi connectivity index (χ0) is 17.4. The molecular weight excluding hydrogens is 417 g/mol. The van der Waals surface area contributed by atoms with Gasteiger partial charge in [-0.25, -0.2) is 18.4 Å². The predicted octanol–water partition coefficient (Wildman–Crippen LogP) is 2.23. The lowest BCUT2D eigenvalue weighted by Gasteiger charge is -2.06. The van der Waals surface area contributed by atoms with E-state index in [0.29, 0.717) is 21.7 Å². The van der Waals surface area contributed by atoms with Crippen LogP contribution in [0.4, 0.5) is 4.39 Å². The molecule has 1 aromatic carbocycles. The van der Waals surface area contributed by atoms with Gasteiger partial charge in [0.05, 0.1) is 10.2 Å². The zero-order valence-corrected chi connectivity index (χ0v) is 15.0. The van der Waals surface area contributed by atoms with Crippen LogP contribution in [0.3, 0.4) is 0 Å². The van der Waals surface area contributed by atoms with Crippen molar-refractivity contribution in [3.63, 3.8) is 0 Å². The topological polar surface area (TPSA) is 99.0 Å². The lowest BCUT2D eigenvalue weighted by atomic mass is 10.3. The average molecular weight is 428 g/mol. The molecule has 3 heterocycles. The number of nitrogens with zero attached hydrogens (tertiary/aromatic N) is 4. The first-order valence-corrected chi connectivity index (χ1v) is 9.05. The van der Waals surface area contributed by atoms with E-state index in [1.807, 2.05) is 0 Å². The SMILES string of the molecule is O=c1onc(-c2nonc2S[C@@H]2CCNC2)n1-c1ccc(F)c(Br)c1. The first-order valence-electron chi connectivity index (χ1n) is 7.38. The number of hydrogen-bond acceptors (Lipinski definition) is 8. The number of thioether (sulfide) groups is 1. The first kappa shape index (κ1) is 16.5. The normalized spacial score (nSPS) is 17.3. The van der Waals surface area contributed by atoms with Crippen LogP contribution in [-0.4, -0.2) is 38.4 Å². The molecule has 1 saturated heterocycles. The van der Waals surface area contributed by atoms with Gasteiger partial charge in [-0.05, 0) is 57.4 Å². The molecule has 0 amide bonds. The number of halogens is 2. The van der Waals surface area contributed by atoms with E-state index < -0.39 is 11.6 Å². The lowest BCUT2D eigenvalue weighted by molar-refractivity contribution is 0.299. The van der Waals surface area contributed by atoms with Crippen LogP contribution in [-0.2, 0) is 0 Å². The van der Waals surface area contributed by atoms with Gasteiger partial charge in [0.15, 0.2) is 10.7 Å². The van der Waals surface area contributed by atoms with Crippen LogP contribution in [0.25, 0.3) is 17.2 Å². The molecule has 1 aliphatic rings. The third-order valence-electron chi connectivity index (χ3n) is 3.73. The van der Waals surface area contributed by atoms with Gasteiger partial charge in [0.25, 0.3) is 0 Å². The Hall–Kier alpha value is -1.98. The molecule has 2 aromatic heterocycles. The monoisotopic (exact) mass is 427 g/mol. The van der Waals surface area contributed by atoms with Gasteiger partial charge in [-0.1, -0.05) is 16.9 Å². The van der Waals surface area contributed by atoms with E-state index >= 15 is 0 Å². The smallest absolute Gasteiger partial charge is 0.316 e. The standard InChI is InChI=1S/C14H11BrFN5O3S/c15-9-5-7(1-2-10(9)16)21-12(19-23-14(21)22)11-13(20-24-18-11)25-8-3-4-17-6-8/h1-2,5,8,17H,3-4,6H2/t8-/m1/s1. The molecule has 8 nitrogen and oxygen atoms in total. The van der Waals surface area contributed by atoms with Crippen LogP contribution in [0.5, 0.6) is 0 Å². The molecule has 3 aromatic rings. The Bertz CT molecular complexity index is 966. The average Bonchev–Trinajstić information content (AvgIpc) is 3.32.